The first-order valence-corrected chi connectivity index (χ1v) is 7.31. The highest BCUT2D eigenvalue weighted by molar-refractivity contribution is 5.73. The van der Waals surface area contributed by atoms with E-state index in [0.29, 0.717) is 12.3 Å². The highest BCUT2D eigenvalue weighted by atomic mass is 16.5. The monoisotopic (exact) mass is 276 g/mol. The predicted molar refractivity (Wildman–Crippen MR) is 79.7 cm³/mol. The Bertz CT molecular complexity index is 448. The molecule has 1 aliphatic heterocycles. The van der Waals surface area contributed by atoms with E-state index in [1.165, 1.54) is 18.4 Å². The SMILES string of the molecule is COc1ccccc1C[C@H]1CCCN(CCC(N)=O)C1. The van der Waals surface area contributed by atoms with Crippen molar-refractivity contribution in [1.29, 1.82) is 0 Å². The van der Waals surface area contributed by atoms with E-state index in [0.717, 1.165) is 31.8 Å². The number of benzene rings is 1. The predicted octanol–water partition coefficient (Wildman–Crippen LogP) is 1.83. The molecule has 0 spiro atoms. The van der Waals surface area contributed by atoms with Gasteiger partial charge in [0.2, 0.25) is 5.91 Å². The summed E-state index contributed by atoms with van der Waals surface area (Å²) in [5.41, 5.74) is 6.50. The van der Waals surface area contributed by atoms with Crippen molar-refractivity contribution in [2.24, 2.45) is 11.7 Å². The Morgan fingerprint density at radius 1 is 1.45 bits per heavy atom. The van der Waals surface area contributed by atoms with Crippen LogP contribution in [0.4, 0.5) is 0 Å². The second-order valence-electron chi connectivity index (χ2n) is 5.54. The van der Waals surface area contributed by atoms with E-state index >= 15 is 0 Å². The van der Waals surface area contributed by atoms with Crippen LogP contribution >= 0.6 is 0 Å². The first-order valence-electron chi connectivity index (χ1n) is 7.31. The van der Waals surface area contributed by atoms with Gasteiger partial charge in [-0.2, -0.15) is 0 Å². The lowest BCUT2D eigenvalue weighted by molar-refractivity contribution is -0.118. The Morgan fingerprint density at radius 3 is 3.00 bits per heavy atom. The number of likely N-dealkylation sites (tertiary alicyclic amines) is 1. The van der Waals surface area contributed by atoms with Gasteiger partial charge in [0.15, 0.2) is 0 Å². The van der Waals surface area contributed by atoms with Crippen molar-refractivity contribution in [2.75, 3.05) is 26.7 Å². The van der Waals surface area contributed by atoms with Gasteiger partial charge in [-0.25, -0.2) is 0 Å². The fourth-order valence-electron chi connectivity index (χ4n) is 2.97. The quantitative estimate of drug-likeness (QED) is 0.862. The van der Waals surface area contributed by atoms with E-state index in [2.05, 4.69) is 17.0 Å². The molecule has 1 aromatic rings. The van der Waals surface area contributed by atoms with Crippen molar-refractivity contribution in [3.05, 3.63) is 29.8 Å². The first kappa shape index (κ1) is 14.9. The minimum absolute atomic E-state index is 0.211. The molecule has 0 bridgehead atoms. The molecule has 0 unspecified atom stereocenters. The second kappa shape index (κ2) is 7.29. The lowest BCUT2D eigenvalue weighted by Gasteiger charge is -2.32. The number of nitrogens with two attached hydrogens (primary N) is 1. The molecule has 4 nitrogen and oxygen atoms in total. The third-order valence-corrected chi connectivity index (χ3v) is 3.98. The van der Waals surface area contributed by atoms with Crippen molar-refractivity contribution in [3.63, 3.8) is 0 Å². The Kier molecular flexibility index (Phi) is 5.41. The average molecular weight is 276 g/mol. The number of hydrogen-bond donors (Lipinski definition) is 1. The van der Waals surface area contributed by atoms with Crippen LogP contribution in [0.2, 0.25) is 0 Å². The summed E-state index contributed by atoms with van der Waals surface area (Å²) in [5, 5.41) is 0. The zero-order valence-electron chi connectivity index (χ0n) is 12.2. The standard InChI is InChI=1S/C16H24N2O2/c1-20-15-7-3-2-6-14(15)11-13-5-4-9-18(12-13)10-8-16(17)19/h2-3,6-7,13H,4-5,8-12H2,1H3,(H2,17,19)/t13-/m1/s1. The van der Waals surface area contributed by atoms with Crippen LogP contribution in [0, 0.1) is 5.92 Å². The van der Waals surface area contributed by atoms with E-state index in [1.54, 1.807) is 7.11 Å². The molecule has 4 heteroatoms. The summed E-state index contributed by atoms with van der Waals surface area (Å²) in [6.45, 7) is 2.92. The summed E-state index contributed by atoms with van der Waals surface area (Å²) in [6, 6.07) is 8.22. The van der Waals surface area contributed by atoms with E-state index in [1.807, 2.05) is 12.1 Å². The van der Waals surface area contributed by atoms with Crippen LogP contribution < -0.4 is 10.5 Å². The van der Waals surface area contributed by atoms with Crippen LogP contribution in [-0.2, 0) is 11.2 Å². The maximum Gasteiger partial charge on any atom is 0.218 e. The van der Waals surface area contributed by atoms with E-state index in [4.69, 9.17) is 10.5 Å². The van der Waals surface area contributed by atoms with Gasteiger partial charge in [0, 0.05) is 19.5 Å². The number of ether oxygens (including phenoxy) is 1. The molecule has 110 valence electrons. The van der Waals surface area contributed by atoms with Crippen molar-refractivity contribution in [2.45, 2.75) is 25.7 Å². The van der Waals surface area contributed by atoms with Gasteiger partial charge in [0.1, 0.15) is 5.75 Å². The van der Waals surface area contributed by atoms with Gasteiger partial charge in [-0.05, 0) is 43.4 Å². The van der Waals surface area contributed by atoms with Crippen LogP contribution in [0.25, 0.3) is 0 Å². The summed E-state index contributed by atoms with van der Waals surface area (Å²) in [6.07, 6.45) is 3.93. The van der Waals surface area contributed by atoms with Gasteiger partial charge in [0.05, 0.1) is 7.11 Å². The summed E-state index contributed by atoms with van der Waals surface area (Å²) < 4.78 is 5.42. The fourth-order valence-corrected chi connectivity index (χ4v) is 2.97. The molecule has 0 aliphatic carbocycles. The van der Waals surface area contributed by atoms with Crippen LogP contribution in [0.3, 0.4) is 0 Å². The lowest BCUT2D eigenvalue weighted by atomic mass is 9.91. The number of carbonyl (C=O) groups is 1. The third kappa shape index (κ3) is 4.23. The third-order valence-electron chi connectivity index (χ3n) is 3.98. The first-order chi connectivity index (χ1) is 9.69. The number of carbonyl (C=O) groups excluding carboxylic acids is 1. The Hall–Kier alpha value is -1.55. The lowest BCUT2D eigenvalue weighted by Crippen LogP contribution is -2.38. The molecule has 2 rings (SSSR count). The largest absolute Gasteiger partial charge is 0.496 e. The molecule has 1 heterocycles. The molecule has 1 saturated heterocycles. The molecule has 0 saturated carbocycles. The number of rotatable bonds is 6. The number of hydrogen-bond acceptors (Lipinski definition) is 3. The molecule has 1 fully saturated rings. The minimum atomic E-state index is -0.211. The number of methoxy groups -OCH3 is 1. The summed E-state index contributed by atoms with van der Waals surface area (Å²) in [7, 11) is 1.72. The molecule has 1 amide bonds. The number of piperidine rings is 1. The summed E-state index contributed by atoms with van der Waals surface area (Å²) in [5.74, 6) is 1.39. The zero-order valence-corrected chi connectivity index (χ0v) is 12.2. The molecule has 20 heavy (non-hydrogen) atoms. The minimum Gasteiger partial charge on any atom is -0.496 e. The van der Waals surface area contributed by atoms with Crippen molar-refractivity contribution in [1.82, 2.24) is 4.90 Å². The molecule has 0 radical (unpaired) electrons. The zero-order chi connectivity index (χ0) is 14.4. The molecular weight excluding hydrogens is 252 g/mol. The summed E-state index contributed by atoms with van der Waals surface area (Å²) >= 11 is 0. The van der Waals surface area contributed by atoms with Gasteiger partial charge >= 0.3 is 0 Å². The second-order valence-corrected chi connectivity index (χ2v) is 5.54. The Morgan fingerprint density at radius 2 is 2.25 bits per heavy atom. The van der Waals surface area contributed by atoms with Gasteiger partial charge in [0.25, 0.3) is 0 Å². The van der Waals surface area contributed by atoms with Crippen LogP contribution in [0.15, 0.2) is 24.3 Å². The summed E-state index contributed by atoms with van der Waals surface area (Å²) in [4.78, 5) is 13.2. The van der Waals surface area contributed by atoms with Crippen molar-refractivity contribution >= 4 is 5.91 Å². The van der Waals surface area contributed by atoms with E-state index < -0.39 is 0 Å². The Labute approximate surface area is 120 Å². The fraction of sp³-hybridized carbons (Fsp3) is 0.562. The Balaban J connectivity index is 1.90. The topological polar surface area (TPSA) is 55.6 Å². The van der Waals surface area contributed by atoms with Gasteiger partial charge in [-0.1, -0.05) is 18.2 Å². The van der Waals surface area contributed by atoms with E-state index in [9.17, 15) is 4.79 Å². The van der Waals surface area contributed by atoms with Gasteiger partial charge < -0.3 is 15.4 Å². The highest BCUT2D eigenvalue weighted by Crippen LogP contribution is 2.25. The highest BCUT2D eigenvalue weighted by Gasteiger charge is 2.21. The van der Waals surface area contributed by atoms with Crippen LogP contribution in [-0.4, -0.2) is 37.6 Å². The maximum absolute atomic E-state index is 10.9. The molecule has 1 atom stereocenters. The number of primary amides is 1. The molecular formula is C16H24N2O2. The molecule has 1 aromatic carbocycles. The number of amides is 1. The normalized spacial score (nSPS) is 19.8. The maximum atomic E-state index is 10.9. The van der Waals surface area contributed by atoms with Gasteiger partial charge in [-0.3, -0.25) is 4.79 Å². The number of nitrogens with zero attached hydrogens (tertiary/aromatic N) is 1. The van der Waals surface area contributed by atoms with Gasteiger partial charge in [-0.15, -0.1) is 0 Å². The molecule has 0 aromatic heterocycles. The average Bonchev–Trinajstić information content (AvgIpc) is 2.46. The van der Waals surface area contributed by atoms with Crippen LogP contribution in [0.5, 0.6) is 5.75 Å². The van der Waals surface area contributed by atoms with Crippen molar-refractivity contribution < 1.29 is 9.53 Å². The smallest absolute Gasteiger partial charge is 0.218 e. The van der Waals surface area contributed by atoms with Crippen molar-refractivity contribution in [3.8, 4) is 5.75 Å². The molecule has 2 N–H and O–H groups in total. The van der Waals surface area contributed by atoms with Crippen LogP contribution in [0.1, 0.15) is 24.8 Å². The number of para-hydroxylation sites is 1. The molecule has 1 aliphatic rings. The van der Waals surface area contributed by atoms with E-state index in [-0.39, 0.29) is 5.91 Å².